The molecule has 0 heterocycles. The lowest BCUT2D eigenvalue weighted by Gasteiger charge is -2.18. The van der Waals surface area contributed by atoms with Crippen LogP contribution in [0.3, 0.4) is 0 Å². The molecule has 40 heavy (non-hydrogen) atoms. The topological polar surface area (TPSA) is 0 Å². The summed E-state index contributed by atoms with van der Waals surface area (Å²) < 4.78 is 5.28. The Morgan fingerprint density at radius 1 is 0.300 bits per heavy atom. The molecule has 0 aliphatic heterocycles. The Labute approximate surface area is 276 Å². The molecule has 0 aromatic heterocycles. The van der Waals surface area contributed by atoms with Gasteiger partial charge in [-0.1, -0.05) is 221 Å². The van der Waals surface area contributed by atoms with E-state index in [1.165, 1.54) is 55.6 Å². The molecule has 0 saturated carbocycles. The van der Waals surface area contributed by atoms with E-state index < -0.39 is 0 Å². The molecule has 0 bridgehead atoms. The molecule has 0 atom stereocenters. The summed E-state index contributed by atoms with van der Waals surface area (Å²) in [5, 5.41) is 0. The van der Waals surface area contributed by atoms with Gasteiger partial charge in [-0.2, -0.15) is 0 Å². The molecule has 0 N–H and O–H groups in total. The fourth-order valence-electron chi connectivity index (χ4n) is 5.15. The first kappa shape index (κ1) is 28.0. The second-order valence-corrected chi connectivity index (χ2v) is 14.0. The van der Waals surface area contributed by atoms with Crippen molar-refractivity contribution < 1.29 is 0 Å². The van der Waals surface area contributed by atoms with Gasteiger partial charge in [0.25, 0.3) is 0 Å². The summed E-state index contributed by atoms with van der Waals surface area (Å²) in [6.45, 7) is 0. The smallest absolute Gasteiger partial charge is 0.0175 e. The van der Waals surface area contributed by atoms with Crippen molar-refractivity contribution in [1.29, 1.82) is 0 Å². The van der Waals surface area contributed by atoms with Crippen LogP contribution in [0, 0.1) is 0 Å². The summed E-state index contributed by atoms with van der Waals surface area (Å²) in [5.74, 6) is 0. The van der Waals surface area contributed by atoms with E-state index in [9.17, 15) is 0 Å². The minimum absolute atomic E-state index is 1.06. The molecule has 0 aliphatic carbocycles. The van der Waals surface area contributed by atoms with Gasteiger partial charge in [-0.25, -0.2) is 0 Å². The highest BCUT2D eigenvalue weighted by molar-refractivity contribution is 9.11. The first-order chi connectivity index (χ1) is 19.4. The molecule has 0 amide bonds. The van der Waals surface area contributed by atoms with Gasteiger partial charge in [0.15, 0.2) is 0 Å². The first-order valence-corrected chi connectivity index (χ1v) is 16.5. The van der Waals surface area contributed by atoms with Crippen molar-refractivity contribution in [3.05, 3.63) is 144 Å². The minimum Gasteiger partial charge on any atom is -0.0988 e. The van der Waals surface area contributed by atoms with Crippen LogP contribution in [0.5, 0.6) is 0 Å². The normalized spacial score (nSPS) is 11.1. The lowest BCUT2D eigenvalue weighted by molar-refractivity contribution is 1.58. The molecule has 0 nitrogen and oxygen atoms in total. The molecule has 6 aromatic rings. The maximum atomic E-state index is 3.65. The van der Waals surface area contributed by atoms with Crippen molar-refractivity contribution in [2.45, 2.75) is 0 Å². The molecular formula is C35H20Br5-. The lowest BCUT2D eigenvalue weighted by Crippen LogP contribution is -1.86. The number of hydrogen-bond donors (Lipinski definition) is 0. The SMILES string of the molecule is Brc1ccc(-c2c(-c3ccc(Br)cc3)c(-c3ccc(Br)cc3)[c-](-c3ccc(Br)cc3)c2-c2ccc(Br)cc2)cc1. The van der Waals surface area contributed by atoms with Crippen molar-refractivity contribution in [3.63, 3.8) is 0 Å². The van der Waals surface area contributed by atoms with Crippen molar-refractivity contribution in [2.75, 3.05) is 0 Å². The molecule has 0 fully saturated rings. The summed E-state index contributed by atoms with van der Waals surface area (Å²) in [6, 6.07) is 43.3. The summed E-state index contributed by atoms with van der Waals surface area (Å²) in [4.78, 5) is 0. The Morgan fingerprint density at radius 2 is 0.550 bits per heavy atom. The number of halogens is 5. The molecule has 6 aromatic carbocycles. The van der Waals surface area contributed by atoms with Gasteiger partial charge >= 0.3 is 0 Å². The quantitative estimate of drug-likeness (QED) is 0.152. The van der Waals surface area contributed by atoms with Crippen LogP contribution in [0.4, 0.5) is 0 Å². The van der Waals surface area contributed by atoms with E-state index in [-0.39, 0.29) is 0 Å². The Balaban J connectivity index is 1.84. The van der Waals surface area contributed by atoms with Gasteiger partial charge in [0.1, 0.15) is 0 Å². The third-order valence-corrected chi connectivity index (χ3v) is 9.56. The lowest BCUT2D eigenvalue weighted by atomic mass is 9.91. The molecule has 0 spiro atoms. The second-order valence-electron chi connectivity index (χ2n) is 9.41. The van der Waals surface area contributed by atoms with Crippen LogP contribution in [-0.2, 0) is 0 Å². The van der Waals surface area contributed by atoms with Gasteiger partial charge in [0, 0.05) is 22.4 Å². The average Bonchev–Trinajstić information content (AvgIpc) is 3.31. The van der Waals surface area contributed by atoms with Crippen LogP contribution < -0.4 is 0 Å². The molecule has 0 saturated heterocycles. The van der Waals surface area contributed by atoms with E-state index in [4.69, 9.17) is 0 Å². The highest BCUT2D eigenvalue weighted by atomic mass is 79.9. The molecule has 0 aliphatic rings. The van der Waals surface area contributed by atoms with Gasteiger partial charge < -0.3 is 0 Å². The number of hydrogen-bond acceptors (Lipinski definition) is 0. The van der Waals surface area contributed by atoms with Gasteiger partial charge in [-0.05, 0) is 35.4 Å². The van der Waals surface area contributed by atoms with E-state index in [0.717, 1.165) is 22.4 Å². The Hall–Kier alpha value is -2.15. The zero-order chi connectivity index (χ0) is 27.8. The summed E-state index contributed by atoms with van der Waals surface area (Å²) >= 11 is 18.2. The monoisotopic (exact) mass is 835 g/mol. The zero-order valence-corrected chi connectivity index (χ0v) is 28.9. The zero-order valence-electron chi connectivity index (χ0n) is 20.9. The van der Waals surface area contributed by atoms with E-state index in [2.05, 4.69) is 201 Å². The molecule has 6 rings (SSSR count). The van der Waals surface area contributed by atoms with E-state index in [1.807, 2.05) is 0 Å². The minimum atomic E-state index is 1.06. The maximum absolute atomic E-state index is 3.65. The first-order valence-electron chi connectivity index (χ1n) is 12.6. The van der Waals surface area contributed by atoms with Crippen LogP contribution in [0.2, 0.25) is 0 Å². The van der Waals surface area contributed by atoms with Crippen LogP contribution in [-0.4, -0.2) is 0 Å². The van der Waals surface area contributed by atoms with Crippen LogP contribution in [0.1, 0.15) is 0 Å². The highest BCUT2D eigenvalue weighted by Gasteiger charge is 2.23. The third-order valence-electron chi connectivity index (χ3n) is 6.91. The number of benzene rings is 5. The van der Waals surface area contributed by atoms with Crippen molar-refractivity contribution in [2.24, 2.45) is 0 Å². The van der Waals surface area contributed by atoms with Crippen molar-refractivity contribution in [3.8, 4) is 55.6 Å². The Kier molecular flexibility index (Phi) is 8.39. The summed E-state index contributed by atoms with van der Waals surface area (Å²) in [6.07, 6.45) is 0. The van der Waals surface area contributed by atoms with E-state index in [1.54, 1.807) is 0 Å². The number of rotatable bonds is 5. The standard InChI is InChI=1S/C35H20Br5/c36-26-11-1-21(2-12-26)31-32(22-3-13-27(37)14-4-22)34(24-7-17-29(39)18-8-24)35(25-9-19-30(40)20-10-25)33(31)23-5-15-28(38)16-6-23/h1-20H/q-1. The van der Waals surface area contributed by atoms with Gasteiger partial charge in [-0.15, -0.1) is 0 Å². The van der Waals surface area contributed by atoms with Crippen LogP contribution in [0.25, 0.3) is 55.6 Å². The molecule has 0 radical (unpaired) electrons. The predicted octanol–water partition coefficient (Wildman–Crippen LogP) is 13.6. The predicted molar refractivity (Wildman–Crippen MR) is 188 cm³/mol. The van der Waals surface area contributed by atoms with Crippen LogP contribution >= 0.6 is 79.6 Å². The van der Waals surface area contributed by atoms with Crippen LogP contribution in [0.15, 0.2) is 144 Å². The largest absolute Gasteiger partial charge is 0.0988 e. The fraction of sp³-hybridized carbons (Fsp3) is 0. The molecule has 0 unspecified atom stereocenters. The van der Waals surface area contributed by atoms with Gasteiger partial charge in [0.05, 0.1) is 0 Å². The van der Waals surface area contributed by atoms with Gasteiger partial charge in [-0.3, -0.25) is 0 Å². The molecular weight excluding hydrogens is 820 g/mol. The van der Waals surface area contributed by atoms with Gasteiger partial charge in [0.2, 0.25) is 0 Å². The molecule has 196 valence electrons. The van der Waals surface area contributed by atoms with E-state index >= 15 is 0 Å². The Morgan fingerprint density at radius 3 is 0.850 bits per heavy atom. The van der Waals surface area contributed by atoms with Crippen molar-refractivity contribution in [1.82, 2.24) is 0 Å². The Bertz CT molecular complexity index is 1450. The highest BCUT2D eigenvalue weighted by Crippen LogP contribution is 2.55. The summed E-state index contributed by atoms with van der Waals surface area (Å²) in [5.41, 5.74) is 11.9. The van der Waals surface area contributed by atoms with Crippen molar-refractivity contribution >= 4 is 79.6 Å². The average molecular weight is 840 g/mol. The maximum Gasteiger partial charge on any atom is 0.0175 e. The second kappa shape index (κ2) is 12.0. The van der Waals surface area contributed by atoms with E-state index in [0.29, 0.717) is 0 Å². The third kappa shape index (κ3) is 5.64. The fourth-order valence-corrected chi connectivity index (χ4v) is 6.47. The molecule has 5 heteroatoms. The summed E-state index contributed by atoms with van der Waals surface area (Å²) in [7, 11) is 0.